The lowest BCUT2D eigenvalue weighted by Crippen LogP contribution is -2.30. The van der Waals surface area contributed by atoms with Crippen molar-refractivity contribution in [2.24, 2.45) is 0 Å². The first kappa shape index (κ1) is 32.0. The molecule has 0 aliphatic heterocycles. The number of para-hydroxylation sites is 1. The number of fused-ring (bicyclic) bond motifs is 7. The van der Waals surface area contributed by atoms with E-state index in [2.05, 4.69) is 174 Å². The smallest absolute Gasteiger partial charge is 0.160 e. The van der Waals surface area contributed by atoms with Gasteiger partial charge in [-0.1, -0.05) is 164 Å². The molecule has 0 radical (unpaired) electrons. The lowest BCUT2D eigenvalue weighted by molar-refractivity contribution is 0.738. The van der Waals surface area contributed by atoms with Gasteiger partial charge in [-0.25, -0.2) is 9.97 Å². The largest absolute Gasteiger partial charge is 0.309 e. The summed E-state index contributed by atoms with van der Waals surface area (Å²) in [6.07, 6.45) is 1.93. The molecular weight excluding hydrogens is 681 g/mol. The Balaban J connectivity index is 1.17. The molecule has 0 saturated carbocycles. The summed E-state index contributed by atoms with van der Waals surface area (Å²) in [4.78, 5) is 15.3. The van der Waals surface area contributed by atoms with Crippen LogP contribution in [-0.4, -0.2) is 19.5 Å². The first-order valence-corrected chi connectivity index (χ1v) is 19.0. The summed E-state index contributed by atoms with van der Waals surface area (Å²) in [5.74, 6) is 0.704. The van der Waals surface area contributed by atoms with Crippen molar-refractivity contribution in [3.05, 3.63) is 229 Å². The van der Waals surface area contributed by atoms with Crippen LogP contribution in [0.3, 0.4) is 0 Å². The molecule has 0 bridgehead atoms. The van der Waals surface area contributed by atoms with Crippen LogP contribution < -0.4 is 0 Å². The van der Waals surface area contributed by atoms with E-state index in [1.54, 1.807) is 0 Å². The van der Waals surface area contributed by atoms with Crippen LogP contribution in [0.15, 0.2) is 206 Å². The highest BCUT2D eigenvalue weighted by molar-refractivity contribution is 6.13. The number of nitrogens with zero attached hydrogens (tertiary/aromatic N) is 4. The van der Waals surface area contributed by atoms with Crippen molar-refractivity contribution < 1.29 is 0 Å². The van der Waals surface area contributed by atoms with Crippen molar-refractivity contribution in [2.75, 3.05) is 0 Å². The van der Waals surface area contributed by atoms with Gasteiger partial charge in [0.2, 0.25) is 0 Å². The number of pyridine rings is 1. The van der Waals surface area contributed by atoms with Crippen LogP contribution in [0.1, 0.15) is 22.4 Å². The Hall–Kier alpha value is -7.43. The summed E-state index contributed by atoms with van der Waals surface area (Å²) in [7, 11) is 0. The molecule has 1 aliphatic rings. The Morgan fingerprint density at radius 1 is 0.446 bits per heavy atom. The minimum Gasteiger partial charge on any atom is -0.309 e. The third-order valence-corrected chi connectivity index (χ3v) is 11.3. The third-order valence-electron chi connectivity index (χ3n) is 11.3. The second-order valence-electron chi connectivity index (χ2n) is 14.4. The molecule has 7 aromatic carbocycles. The predicted molar refractivity (Wildman–Crippen MR) is 228 cm³/mol. The summed E-state index contributed by atoms with van der Waals surface area (Å²) in [6, 6.07) is 71.0. The van der Waals surface area contributed by atoms with Crippen LogP contribution in [0.5, 0.6) is 0 Å². The molecule has 0 fully saturated rings. The molecule has 1 aliphatic carbocycles. The monoisotopic (exact) mass is 714 g/mol. The van der Waals surface area contributed by atoms with E-state index < -0.39 is 5.41 Å². The molecule has 10 aromatic rings. The zero-order chi connectivity index (χ0) is 37.1. The average molecular weight is 715 g/mol. The molecule has 11 rings (SSSR count). The van der Waals surface area contributed by atoms with Gasteiger partial charge in [-0.2, -0.15) is 0 Å². The topological polar surface area (TPSA) is 43.6 Å². The fourth-order valence-electron chi connectivity index (χ4n) is 8.95. The zero-order valence-corrected chi connectivity index (χ0v) is 30.4. The van der Waals surface area contributed by atoms with Crippen molar-refractivity contribution in [2.45, 2.75) is 5.41 Å². The van der Waals surface area contributed by atoms with Gasteiger partial charge in [0.1, 0.15) is 0 Å². The third kappa shape index (κ3) is 4.83. The Morgan fingerprint density at radius 3 is 1.80 bits per heavy atom. The van der Waals surface area contributed by atoms with E-state index >= 15 is 0 Å². The van der Waals surface area contributed by atoms with Crippen LogP contribution >= 0.6 is 0 Å². The highest BCUT2D eigenvalue weighted by Crippen LogP contribution is 2.58. The van der Waals surface area contributed by atoms with Gasteiger partial charge in [-0.15, -0.1) is 0 Å². The average Bonchev–Trinajstić information content (AvgIpc) is 3.79. The number of benzene rings is 7. The maximum absolute atomic E-state index is 5.15. The van der Waals surface area contributed by atoms with Crippen LogP contribution in [0.2, 0.25) is 0 Å². The second-order valence-corrected chi connectivity index (χ2v) is 14.4. The molecule has 3 heterocycles. The summed E-state index contributed by atoms with van der Waals surface area (Å²) >= 11 is 0. The first-order valence-electron chi connectivity index (χ1n) is 19.0. The Kier molecular flexibility index (Phi) is 7.36. The molecule has 0 amide bonds. The molecule has 262 valence electrons. The van der Waals surface area contributed by atoms with Gasteiger partial charge in [0, 0.05) is 44.9 Å². The number of aromatic nitrogens is 4. The van der Waals surface area contributed by atoms with Gasteiger partial charge in [0.15, 0.2) is 5.82 Å². The maximum atomic E-state index is 5.15. The van der Waals surface area contributed by atoms with Gasteiger partial charge < -0.3 is 4.57 Å². The van der Waals surface area contributed by atoms with E-state index in [1.165, 1.54) is 44.1 Å². The zero-order valence-electron chi connectivity index (χ0n) is 30.4. The number of rotatable bonds is 6. The van der Waals surface area contributed by atoms with Crippen LogP contribution in [0, 0.1) is 0 Å². The van der Waals surface area contributed by atoms with E-state index in [1.807, 2.05) is 36.5 Å². The van der Waals surface area contributed by atoms with E-state index in [4.69, 9.17) is 15.0 Å². The van der Waals surface area contributed by atoms with Gasteiger partial charge >= 0.3 is 0 Å². The molecule has 1 unspecified atom stereocenters. The molecule has 0 N–H and O–H groups in total. The molecule has 56 heavy (non-hydrogen) atoms. The van der Waals surface area contributed by atoms with Gasteiger partial charge in [-0.3, -0.25) is 4.98 Å². The lowest BCUT2D eigenvalue weighted by atomic mass is 9.69. The Morgan fingerprint density at radius 2 is 1.07 bits per heavy atom. The van der Waals surface area contributed by atoms with E-state index in [0.29, 0.717) is 5.82 Å². The Bertz CT molecular complexity index is 2950. The summed E-state index contributed by atoms with van der Waals surface area (Å²) < 4.78 is 2.46. The van der Waals surface area contributed by atoms with Gasteiger partial charge in [0.25, 0.3) is 0 Å². The van der Waals surface area contributed by atoms with Crippen LogP contribution in [-0.2, 0) is 5.41 Å². The summed E-state index contributed by atoms with van der Waals surface area (Å²) in [6.45, 7) is 0. The SMILES string of the molecule is c1ccc(-c2cc(-c3ccc(-n4c5ccccc5c5ccc6c(c54)C(c4ccccc4)(c4ccccn4)c4ccccc4-6)cc3)nc(-c3ccccc3)n2)cc1. The van der Waals surface area contributed by atoms with Gasteiger partial charge in [-0.05, 0) is 58.7 Å². The van der Waals surface area contributed by atoms with Crippen molar-refractivity contribution in [1.82, 2.24) is 19.5 Å². The van der Waals surface area contributed by atoms with Crippen LogP contribution in [0.25, 0.3) is 72.5 Å². The molecule has 0 saturated heterocycles. The quantitative estimate of drug-likeness (QED) is 0.172. The summed E-state index contributed by atoms with van der Waals surface area (Å²) in [5, 5.41) is 2.42. The maximum Gasteiger partial charge on any atom is 0.160 e. The number of hydrogen-bond acceptors (Lipinski definition) is 3. The number of hydrogen-bond donors (Lipinski definition) is 0. The molecule has 3 aromatic heterocycles. The van der Waals surface area contributed by atoms with Crippen LogP contribution in [0.4, 0.5) is 0 Å². The fraction of sp³-hybridized carbons (Fsp3) is 0.0192. The van der Waals surface area contributed by atoms with Gasteiger partial charge in [0.05, 0.1) is 33.5 Å². The second kappa shape index (κ2) is 12.9. The normalized spacial score (nSPS) is 14.5. The lowest BCUT2D eigenvalue weighted by Gasteiger charge is -2.33. The van der Waals surface area contributed by atoms with Crippen molar-refractivity contribution in [3.63, 3.8) is 0 Å². The minimum atomic E-state index is -0.650. The van der Waals surface area contributed by atoms with Crippen molar-refractivity contribution in [3.8, 4) is 50.7 Å². The van der Waals surface area contributed by atoms with E-state index in [-0.39, 0.29) is 0 Å². The minimum absolute atomic E-state index is 0.650. The van der Waals surface area contributed by atoms with E-state index in [9.17, 15) is 0 Å². The highest BCUT2D eigenvalue weighted by atomic mass is 15.0. The summed E-state index contributed by atoms with van der Waals surface area (Å²) in [5.41, 5.74) is 14.7. The Labute approximate surface area is 325 Å². The molecular formula is C52H34N4. The fourth-order valence-corrected chi connectivity index (χ4v) is 8.95. The highest BCUT2D eigenvalue weighted by Gasteiger charge is 2.49. The van der Waals surface area contributed by atoms with E-state index in [0.717, 1.165) is 45.0 Å². The van der Waals surface area contributed by atoms with Crippen molar-refractivity contribution in [1.29, 1.82) is 0 Å². The predicted octanol–water partition coefficient (Wildman–Crippen LogP) is 12.3. The molecule has 0 spiro atoms. The molecule has 4 nitrogen and oxygen atoms in total. The molecule has 1 atom stereocenters. The van der Waals surface area contributed by atoms with Crippen molar-refractivity contribution >= 4 is 21.8 Å². The molecule has 4 heteroatoms. The standard InChI is InChI=1S/C52H34N4/c1-4-16-35(17-5-1)45-34-46(55-51(54-45)37-18-6-2-7-19-37)36-27-29-39(30-28-36)56-47-25-13-11-23-41(47)43-32-31-42-40-22-10-12-24-44(40)52(49(42)50(43)56,38-20-8-3-9-21-38)48-26-14-15-33-53-48/h1-34H. The first-order chi connectivity index (χ1) is 27.8.